The number of hydrogen-bond acceptors (Lipinski definition) is 3. The second kappa shape index (κ2) is 5.45. The van der Waals surface area contributed by atoms with Crippen LogP contribution in [0, 0.1) is 17.1 Å². The molecule has 1 unspecified atom stereocenters. The van der Waals surface area contributed by atoms with Gasteiger partial charge in [0.05, 0.1) is 5.69 Å². The molecule has 0 bridgehead atoms. The van der Waals surface area contributed by atoms with E-state index in [1.807, 2.05) is 6.07 Å². The Balaban J connectivity index is 2.16. The summed E-state index contributed by atoms with van der Waals surface area (Å²) < 4.78 is 14.6. The molecule has 6 heteroatoms. The molecule has 2 rings (SSSR count). The average molecular weight is 272 g/mol. The Labute approximate surface area is 115 Å². The van der Waals surface area contributed by atoms with Crippen LogP contribution in [0.1, 0.15) is 18.7 Å². The van der Waals surface area contributed by atoms with E-state index in [4.69, 9.17) is 11.0 Å². The van der Waals surface area contributed by atoms with Crippen LogP contribution in [0.25, 0.3) is 0 Å². The summed E-state index contributed by atoms with van der Waals surface area (Å²) in [7, 11) is 0. The van der Waals surface area contributed by atoms with Gasteiger partial charge in [0.25, 0.3) is 0 Å². The predicted molar refractivity (Wildman–Crippen MR) is 73.3 cm³/mol. The number of nitrogen functional groups attached to an aromatic ring is 1. The van der Waals surface area contributed by atoms with Crippen LogP contribution in [0.4, 0.5) is 15.8 Å². The number of anilines is 2. The zero-order valence-corrected chi connectivity index (χ0v) is 10.8. The average Bonchev–Trinajstić information content (AvgIpc) is 2.90. The van der Waals surface area contributed by atoms with Gasteiger partial charge in [0.15, 0.2) is 0 Å². The van der Waals surface area contributed by atoms with Gasteiger partial charge in [0.1, 0.15) is 23.6 Å². The van der Waals surface area contributed by atoms with Gasteiger partial charge in [-0.25, -0.2) is 4.39 Å². The van der Waals surface area contributed by atoms with Crippen LogP contribution in [0.5, 0.6) is 0 Å². The Bertz CT molecular complexity index is 687. The standard InChI is InChI=1S/C14H13FN4O/c1-9(19-6-2-3-11(19)8-16)14(20)18-10-4-5-12(15)13(17)7-10/h2-7,9H,17H2,1H3,(H,18,20). The Kier molecular flexibility index (Phi) is 3.71. The van der Waals surface area contributed by atoms with E-state index in [1.54, 1.807) is 29.8 Å². The summed E-state index contributed by atoms with van der Waals surface area (Å²) >= 11 is 0. The van der Waals surface area contributed by atoms with Crippen molar-refractivity contribution in [1.29, 1.82) is 5.26 Å². The van der Waals surface area contributed by atoms with E-state index in [9.17, 15) is 9.18 Å². The molecule has 2 aromatic rings. The molecule has 1 aromatic carbocycles. The zero-order valence-electron chi connectivity index (χ0n) is 10.8. The van der Waals surface area contributed by atoms with Crippen molar-refractivity contribution in [3.8, 4) is 6.07 Å². The summed E-state index contributed by atoms with van der Waals surface area (Å²) in [6, 6.07) is 8.72. The van der Waals surface area contributed by atoms with Crippen LogP contribution in [-0.4, -0.2) is 10.5 Å². The molecule has 5 nitrogen and oxygen atoms in total. The Morgan fingerprint density at radius 3 is 2.90 bits per heavy atom. The normalized spacial score (nSPS) is 11.7. The largest absolute Gasteiger partial charge is 0.396 e. The highest BCUT2D eigenvalue weighted by molar-refractivity contribution is 5.94. The maximum Gasteiger partial charge on any atom is 0.247 e. The van der Waals surface area contributed by atoms with Gasteiger partial charge in [-0.15, -0.1) is 0 Å². The van der Waals surface area contributed by atoms with Crippen molar-refractivity contribution >= 4 is 17.3 Å². The topological polar surface area (TPSA) is 83.8 Å². The summed E-state index contributed by atoms with van der Waals surface area (Å²) in [5, 5.41) is 11.6. The molecule has 0 aliphatic carbocycles. The lowest BCUT2D eigenvalue weighted by Crippen LogP contribution is -2.24. The number of nitrogens with zero attached hydrogens (tertiary/aromatic N) is 2. The molecule has 0 spiro atoms. The monoisotopic (exact) mass is 272 g/mol. The van der Waals surface area contributed by atoms with Crippen LogP contribution >= 0.6 is 0 Å². The molecule has 0 aliphatic heterocycles. The minimum Gasteiger partial charge on any atom is -0.396 e. The second-order valence-electron chi connectivity index (χ2n) is 4.31. The fourth-order valence-electron chi connectivity index (χ4n) is 1.82. The summed E-state index contributed by atoms with van der Waals surface area (Å²) in [4.78, 5) is 12.1. The van der Waals surface area contributed by atoms with E-state index in [-0.39, 0.29) is 11.6 Å². The summed E-state index contributed by atoms with van der Waals surface area (Å²) in [5.41, 5.74) is 6.21. The van der Waals surface area contributed by atoms with Crippen LogP contribution in [-0.2, 0) is 4.79 Å². The first-order valence-corrected chi connectivity index (χ1v) is 5.95. The molecule has 0 saturated heterocycles. The van der Waals surface area contributed by atoms with Crippen molar-refractivity contribution in [2.24, 2.45) is 0 Å². The molecular weight excluding hydrogens is 259 g/mol. The number of rotatable bonds is 3. The number of amides is 1. The summed E-state index contributed by atoms with van der Waals surface area (Å²) in [5.74, 6) is -0.850. The third-order valence-electron chi connectivity index (χ3n) is 2.95. The Hall–Kier alpha value is -2.81. The highest BCUT2D eigenvalue weighted by atomic mass is 19.1. The van der Waals surface area contributed by atoms with Gasteiger partial charge in [0.2, 0.25) is 5.91 Å². The molecule has 1 heterocycles. The molecule has 0 aliphatic rings. The van der Waals surface area contributed by atoms with Gasteiger partial charge >= 0.3 is 0 Å². The predicted octanol–water partition coefficient (Wildman–Crippen LogP) is 2.28. The Morgan fingerprint density at radius 2 is 2.25 bits per heavy atom. The third-order valence-corrected chi connectivity index (χ3v) is 2.95. The SMILES string of the molecule is CC(C(=O)Nc1ccc(F)c(N)c1)n1cccc1C#N. The Morgan fingerprint density at radius 1 is 1.50 bits per heavy atom. The molecule has 0 radical (unpaired) electrons. The van der Waals surface area contributed by atoms with E-state index in [1.165, 1.54) is 18.2 Å². The molecule has 0 saturated carbocycles. The number of nitriles is 1. The smallest absolute Gasteiger partial charge is 0.247 e. The number of carbonyl (C=O) groups excluding carboxylic acids is 1. The lowest BCUT2D eigenvalue weighted by atomic mass is 10.2. The van der Waals surface area contributed by atoms with Crippen LogP contribution in [0.15, 0.2) is 36.5 Å². The first kappa shape index (κ1) is 13.6. The van der Waals surface area contributed by atoms with E-state index in [0.29, 0.717) is 11.4 Å². The number of nitrogens with one attached hydrogen (secondary N) is 1. The van der Waals surface area contributed by atoms with Crippen LogP contribution in [0.2, 0.25) is 0 Å². The maximum absolute atomic E-state index is 13.0. The highest BCUT2D eigenvalue weighted by Crippen LogP contribution is 2.18. The van der Waals surface area contributed by atoms with E-state index < -0.39 is 11.9 Å². The molecule has 1 amide bonds. The van der Waals surface area contributed by atoms with Crippen molar-refractivity contribution in [1.82, 2.24) is 4.57 Å². The number of nitrogens with two attached hydrogens (primary N) is 1. The quantitative estimate of drug-likeness (QED) is 0.841. The first-order chi connectivity index (χ1) is 9.52. The minimum atomic E-state index is -0.564. The highest BCUT2D eigenvalue weighted by Gasteiger charge is 2.17. The summed E-state index contributed by atoms with van der Waals surface area (Å²) in [6.07, 6.45) is 1.65. The number of halogens is 1. The molecule has 1 aromatic heterocycles. The third kappa shape index (κ3) is 2.62. The van der Waals surface area contributed by atoms with Crippen molar-refractivity contribution in [3.63, 3.8) is 0 Å². The number of benzene rings is 1. The van der Waals surface area contributed by atoms with Crippen molar-refractivity contribution in [3.05, 3.63) is 48.0 Å². The van der Waals surface area contributed by atoms with Crippen LogP contribution in [0.3, 0.4) is 0 Å². The van der Waals surface area contributed by atoms with Crippen LogP contribution < -0.4 is 11.1 Å². The molecular formula is C14H13FN4O. The van der Waals surface area contributed by atoms with Gasteiger partial charge in [-0.1, -0.05) is 0 Å². The molecule has 0 fully saturated rings. The molecule has 102 valence electrons. The molecule has 3 N–H and O–H groups in total. The van der Waals surface area contributed by atoms with E-state index >= 15 is 0 Å². The molecule has 20 heavy (non-hydrogen) atoms. The number of hydrogen-bond donors (Lipinski definition) is 2. The van der Waals surface area contributed by atoms with E-state index in [2.05, 4.69) is 5.32 Å². The molecule has 1 atom stereocenters. The van der Waals surface area contributed by atoms with Gasteiger partial charge in [-0.05, 0) is 37.3 Å². The number of aromatic nitrogens is 1. The first-order valence-electron chi connectivity index (χ1n) is 5.95. The van der Waals surface area contributed by atoms with Crippen molar-refractivity contribution in [2.45, 2.75) is 13.0 Å². The summed E-state index contributed by atoms with van der Waals surface area (Å²) in [6.45, 7) is 1.67. The fourth-order valence-corrected chi connectivity index (χ4v) is 1.82. The fraction of sp³-hybridized carbons (Fsp3) is 0.143. The van der Waals surface area contributed by atoms with Gasteiger partial charge in [-0.2, -0.15) is 5.26 Å². The lowest BCUT2D eigenvalue weighted by Gasteiger charge is -2.15. The minimum absolute atomic E-state index is 0.0332. The van der Waals surface area contributed by atoms with Gasteiger partial charge in [0, 0.05) is 11.9 Å². The zero-order chi connectivity index (χ0) is 14.7. The maximum atomic E-state index is 13.0. The van der Waals surface area contributed by atoms with Gasteiger partial charge in [-0.3, -0.25) is 4.79 Å². The van der Waals surface area contributed by atoms with Crippen molar-refractivity contribution < 1.29 is 9.18 Å². The van der Waals surface area contributed by atoms with Gasteiger partial charge < -0.3 is 15.6 Å². The van der Waals surface area contributed by atoms with E-state index in [0.717, 1.165) is 0 Å². The lowest BCUT2D eigenvalue weighted by molar-refractivity contribution is -0.118. The second-order valence-corrected chi connectivity index (χ2v) is 4.31. The number of carbonyl (C=O) groups is 1. The van der Waals surface area contributed by atoms with Crippen molar-refractivity contribution in [2.75, 3.05) is 11.1 Å².